The van der Waals surface area contributed by atoms with Gasteiger partial charge in [0.1, 0.15) is 6.61 Å². The van der Waals surface area contributed by atoms with E-state index in [-0.39, 0.29) is 24.3 Å². The Morgan fingerprint density at radius 3 is 2.54 bits per heavy atom. The Bertz CT molecular complexity index is 1450. The van der Waals surface area contributed by atoms with Gasteiger partial charge in [-0.15, -0.1) is 0 Å². The molecule has 2 aromatic carbocycles. The number of alkyl halides is 3. The molecule has 0 aliphatic heterocycles. The Morgan fingerprint density at radius 1 is 0.949 bits per heavy atom. The minimum absolute atomic E-state index is 0.131. The number of ether oxygens (including phenoxy) is 2. The van der Waals surface area contributed by atoms with Crippen LogP contribution in [-0.2, 0) is 24.1 Å². The van der Waals surface area contributed by atoms with Gasteiger partial charge in [-0.25, -0.2) is 9.78 Å². The summed E-state index contributed by atoms with van der Waals surface area (Å²) in [4.78, 5) is 20.0. The number of hydrogen-bond acceptors (Lipinski definition) is 7. The van der Waals surface area contributed by atoms with Crippen LogP contribution in [-0.4, -0.2) is 52.5 Å². The number of hydrogen-bond donors (Lipinski definition) is 3. The van der Waals surface area contributed by atoms with E-state index in [4.69, 9.17) is 9.47 Å². The minimum Gasteiger partial charge on any atom is -0.478 e. The second kappa shape index (κ2) is 12.8. The molecular weight excluding hydrogens is 515 g/mol. The molecule has 0 radical (unpaired) electrons. The zero-order chi connectivity index (χ0) is 27.8. The first-order chi connectivity index (χ1) is 18.8. The van der Waals surface area contributed by atoms with Crippen molar-refractivity contribution in [1.82, 2.24) is 15.3 Å². The van der Waals surface area contributed by atoms with Gasteiger partial charge in [0.2, 0.25) is 5.88 Å². The zero-order valence-electron chi connectivity index (χ0n) is 21.0. The van der Waals surface area contributed by atoms with Gasteiger partial charge in [-0.2, -0.15) is 13.2 Å². The summed E-state index contributed by atoms with van der Waals surface area (Å²) in [5.41, 5.74) is 0.552. The van der Waals surface area contributed by atoms with Crippen molar-refractivity contribution in [1.29, 1.82) is 0 Å². The third-order valence-electron chi connectivity index (χ3n) is 6.06. The number of benzene rings is 2. The number of carbonyl (C=O) groups is 1. The molecule has 4 aromatic rings. The molecule has 0 fully saturated rings. The topological polar surface area (TPSA) is 114 Å². The van der Waals surface area contributed by atoms with Gasteiger partial charge >= 0.3 is 12.1 Å². The Morgan fingerprint density at radius 2 is 1.77 bits per heavy atom. The van der Waals surface area contributed by atoms with Crippen molar-refractivity contribution >= 4 is 27.6 Å². The van der Waals surface area contributed by atoms with Crippen LogP contribution in [0.25, 0.3) is 21.7 Å². The van der Waals surface area contributed by atoms with Crippen molar-refractivity contribution in [3.63, 3.8) is 0 Å². The average molecular weight is 544 g/mol. The third kappa shape index (κ3) is 7.41. The van der Waals surface area contributed by atoms with Crippen LogP contribution < -0.4 is 10.1 Å². The van der Waals surface area contributed by atoms with Gasteiger partial charge < -0.3 is 25.0 Å². The number of aliphatic hydroxyl groups excluding tert-OH is 1. The van der Waals surface area contributed by atoms with Gasteiger partial charge in [0.15, 0.2) is 0 Å². The van der Waals surface area contributed by atoms with Crippen LogP contribution in [0.15, 0.2) is 54.9 Å². The fraction of sp³-hybridized carbons (Fsp3) is 0.321. The van der Waals surface area contributed by atoms with Crippen molar-refractivity contribution in [2.75, 3.05) is 26.4 Å². The van der Waals surface area contributed by atoms with Crippen LogP contribution in [0.5, 0.6) is 5.88 Å². The molecule has 0 saturated carbocycles. The van der Waals surface area contributed by atoms with Crippen molar-refractivity contribution in [2.24, 2.45) is 0 Å². The number of nitrogens with zero attached hydrogens (tertiary/aromatic N) is 2. The number of aliphatic hydroxyl groups is 1. The van der Waals surface area contributed by atoms with E-state index in [1.165, 1.54) is 12.1 Å². The van der Waals surface area contributed by atoms with Crippen LogP contribution >= 0.6 is 0 Å². The lowest BCUT2D eigenvalue weighted by molar-refractivity contribution is -0.137. The molecule has 0 amide bonds. The maximum Gasteiger partial charge on any atom is 0.416 e. The average Bonchev–Trinajstić information content (AvgIpc) is 2.93. The first kappa shape index (κ1) is 28.2. The minimum atomic E-state index is -4.46. The number of carboxylic acid groups (broad SMARTS) is 1. The molecule has 2 heterocycles. The maximum absolute atomic E-state index is 13.0. The molecule has 39 heavy (non-hydrogen) atoms. The van der Waals surface area contributed by atoms with Gasteiger partial charge in [0.05, 0.1) is 29.9 Å². The lowest BCUT2D eigenvalue weighted by Crippen LogP contribution is -2.17. The van der Waals surface area contributed by atoms with E-state index in [1.54, 1.807) is 30.6 Å². The summed E-state index contributed by atoms with van der Waals surface area (Å²) < 4.78 is 50.5. The highest BCUT2D eigenvalue weighted by Crippen LogP contribution is 2.31. The smallest absolute Gasteiger partial charge is 0.416 e. The van der Waals surface area contributed by atoms with E-state index >= 15 is 0 Å². The monoisotopic (exact) mass is 543 g/mol. The molecule has 3 N–H and O–H groups in total. The molecule has 0 aliphatic carbocycles. The fourth-order valence-corrected chi connectivity index (χ4v) is 4.17. The molecule has 0 bridgehead atoms. The third-order valence-corrected chi connectivity index (χ3v) is 6.06. The second-order valence-electron chi connectivity index (χ2n) is 8.91. The molecule has 0 saturated heterocycles. The number of aromatic carboxylic acids is 1. The van der Waals surface area contributed by atoms with Gasteiger partial charge in [0, 0.05) is 41.7 Å². The molecule has 0 atom stereocenters. The maximum atomic E-state index is 13.0. The number of carboxylic acids is 1. The quantitative estimate of drug-likeness (QED) is 0.160. The SMILES string of the molecule is O=C(O)c1ccc2c(c1)nc(OCCOCCCCNCc1cc(CO)cc(C(F)(F)F)c1)c1ccncc12. The Labute approximate surface area is 222 Å². The highest BCUT2D eigenvalue weighted by molar-refractivity contribution is 6.08. The van der Waals surface area contributed by atoms with Crippen LogP contribution in [0.1, 0.15) is 39.9 Å². The summed E-state index contributed by atoms with van der Waals surface area (Å²) >= 11 is 0. The summed E-state index contributed by atoms with van der Waals surface area (Å²) in [6.45, 7) is 1.47. The van der Waals surface area contributed by atoms with Gasteiger partial charge in [-0.05, 0) is 60.8 Å². The fourth-order valence-electron chi connectivity index (χ4n) is 4.17. The number of rotatable bonds is 13. The largest absolute Gasteiger partial charge is 0.478 e. The first-order valence-electron chi connectivity index (χ1n) is 12.4. The zero-order valence-corrected chi connectivity index (χ0v) is 21.0. The van der Waals surface area contributed by atoms with E-state index < -0.39 is 24.3 Å². The molecular formula is C28H28F3N3O5. The van der Waals surface area contributed by atoms with E-state index in [1.807, 2.05) is 0 Å². The number of aromatic nitrogens is 2. The Kier molecular flexibility index (Phi) is 9.28. The van der Waals surface area contributed by atoms with Crippen LogP contribution in [0.3, 0.4) is 0 Å². The molecule has 206 valence electrons. The Hall–Kier alpha value is -3.80. The van der Waals surface area contributed by atoms with Gasteiger partial charge in [0.25, 0.3) is 0 Å². The molecule has 11 heteroatoms. The van der Waals surface area contributed by atoms with Crippen molar-refractivity contribution in [3.8, 4) is 5.88 Å². The molecule has 4 rings (SSSR count). The normalized spacial score (nSPS) is 11.8. The van der Waals surface area contributed by atoms with Gasteiger partial charge in [-0.3, -0.25) is 4.98 Å². The van der Waals surface area contributed by atoms with Crippen molar-refractivity contribution in [3.05, 3.63) is 77.1 Å². The molecule has 0 aliphatic rings. The number of fused-ring (bicyclic) bond motifs is 3. The highest BCUT2D eigenvalue weighted by Gasteiger charge is 2.31. The summed E-state index contributed by atoms with van der Waals surface area (Å²) in [6.07, 6.45) is 0.382. The summed E-state index contributed by atoms with van der Waals surface area (Å²) in [5, 5.41) is 24.0. The van der Waals surface area contributed by atoms with Crippen LogP contribution in [0.4, 0.5) is 13.2 Å². The molecule has 8 nitrogen and oxygen atoms in total. The van der Waals surface area contributed by atoms with E-state index in [0.29, 0.717) is 36.7 Å². The standard InChI is InChI=1S/C28H28F3N3O5/c29-28(30,31)21-12-18(11-19(13-21)17-35)15-32-6-1-2-8-38-9-10-39-26-23-5-7-33-16-24(23)22-4-3-20(27(36)37)14-25(22)34-26/h3-5,7,11-14,16,32,35H,1-2,6,8-10,15,17H2,(H,36,37). The molecule has 0 unspecified atom stereocenters. The molecule has 2 aromatic heterocycles. The van der Waals surface area contributed by atoms with Crippen LogP contribution in [0.2, 0.25) is 0 Å². The Balaban J connectivity index is 1.20. The summed E-state index contributed by atoms with van der Waals surface area (Å²) in [5.74, 6) is -0.670. The van der Waals surface area contributed by atoms with Crippen LogP contribution in [0, 0.1) is 0 Å². The summed E-state index contributed by atoms with van der Waals surface area (Å²) in [6, 6.07) is 10.1. The number of halogens is 3. The highest BCUT2D eigenvalue weighted by atomic mass is 19.4. The number of unbranched alkanes of at least 4 members (excludes halogenated alkanes) is 1. The predicted octanol–water partition coefficient (Wildman–Crippen LogP) is 4.96. The number of pyridine rings is 2. The van der Waals surface area contributed by atoms with Crippen molar-refractivity contribution < 1.29 is 37.7 Å². The summed E-state index contributed by atoms with van der Waals surface area (Å²) in [7, 11) is 0. The van der Waals surface area contributed by atoms with Gasteiger partial charge in [-0.1, -0.05) is 12.1 Å². The van der Waals surface area contributed by atoms with E-state index in [9.17, 15) is 28.2 Å². The van der Waals surface area contributed by atoms with Crippen molar-refractivity contribution in [2.45, 2.75) is 32.2 Å². The number of nitrogens with one attached hydrogen (secondary N) is 1. The first-order valence-corrected chi connectivity index (χ1v) is 12.4. The second-order valence-corrected chi connectivity index (χ2v) is 8.91. The lowest BCUT2D eigenvalue weighted by Gasteiger charge is -2.12. The predicted molar refractivity (Wildman–Crippen MR) is 139 cm³/mol. The van der Waals surface area contributed by atoms with E-state index in [0.717, 1.165) is 41.1 Å². The lowest BCUT2D eigenvalue weighted by atomic mass is 10.1. The molecule has 0 spiro atoms. The van der Waals surface area contributed by atoms with E-state index in [2.05, 4.69) is 15.3 Å².